The maximum absolute atomic E-state index is 13.0. The molecule has 3 aromatic rings. The van der Waals surface area contributed by atoms with E-state index in [0.29, 0.717) is 18.5 Å². The van der Waals surface area contributed by atoms with Crippen LogP contribution in [0.4, 0.5) is 11.4 Å². The number of aryl methyl sites for hydroxylation is 1. The van der Waals surface area contributed by atoms with Gasteiger partial charge in [-0.15, -0.1) is 11.3 Å². The number of carbonyl (C=O) groups excluding carboxylic acids is 1. The number of hydrogen-bond acceptors (Lipinski definition) is 5. The predicted molar refractivity (Wildman–Crippen MR) is 95.0 cm³/mol. The Morgan fingerprint density at radius 1 is 1.28 bits per heavy atom. The fourth-order valence-corrected chi connectivity index (χ4v) is 3.96. The van der Waals surface area contributed by atoms with Crippen LogP contribution in [0.15, 0.2) is 41.9 Å². The van der Waals surface area contributed by atoms with Crippen LogP contribution in [0.1, 0.15) is 15.9 Å². The Morgan fingerprint density at radius 2 is 2.04 bits per heavy atom. The molecule has 0 unspecified atom stereocenters. The Morgan fingerprint density at radius 3 is 2.76 bits per heavy atom. The first-order valence-corrected chi connectivity index (χ1v) is 8.59. The van der Waals surface area contributed by atoms with Crippen molar-refractivity contribution in [2.75, 3.05) is 11.4 Å². The fraction of sp³-hybridized carbons (Fsp3) is 0.176. The number of anilines is 1. The molecule has 2 aromatic heterocycles. The SMILES string of the molecule is Cn1cc2c(n1)-c1sccc1N(C(=O)c1ccc([N+](=O)[O-])cc1)CC2. The Bertz CT molecular complexity index is 974. The Hall–Kier alpha value is -3.00. The molecule has 0 atom stereocenters. The summed E-state index contributed by atoms with van der Waals surface area (Å²) in [5.41, 5.74) is 3.28. The average Bonchev–Trinajstić information content (AvgIpc) is 3.19. The first-order valence-electron chi connectivity index (χ1n) is 7.71. The number of nitrogens with zero attached hydrogens (tertiary/aromatic N) is 4. The van der Waals surface area contributed by atoms with Gasteiger partial charge in [0.1, 0.15) is 5.69 Å². The van der Waals surface area contributed by atoms with Gasteiger partial charge in [-0.25, -0.2) is 0 Å². The molecular formula is C17H14N4O3S. The second-order valence-electron chi connectivity index (χ2n) is 5.82. The summed E-state index contributed by atoms with van der Waals surface area (Å²) in [6, 6.07) is 7.64. The van der Waals surface area contributed by atoms with Crippen molar-refractivity contribution < 1.29 is 9.72 Å². The van der Waals surface area contributed by atoms with Crippen LogP contribution in [0.2, 0.25) is 0 Å². The molecule has 1 aliphatic rings. The number of nitro groups is 1. The van der Waals surface area contributed by atoms with Gasteiger partial charge in [0, 0.05) is 43.0 Å². The van der Waals surface area contributed by atoms with Gasteiger partial charge in [0.2, 0.25) is 0 Å². The summed E-state index contributed by atoms with van der Waals surface area (Å²) >= 11 is 1.56. The smallest absolute Gasteiger partial charge is 0.269 e. The summed E-state index contributed by atoms with van der Waals surface area (Å²) in [4.78, 5) is 26.0. The van der Waals surface area contributed by atoms with Crippen molar-refractivity contribution in [3.05, 3.63) is 63.1 Å². The Labute approximate surface area is 147 Å². The number of nitro benzene ring substituents is 1. The molecule has 0 radical (unpaired) electrons. The topological polar surface area (TPSA) is 81.3 Å². The highest BCUT2D eigenvalue weighted by Crippen LogP contribution is 2.40. The minimum absolute atomic E-state index is 0.0271. The van der Waals surface area contributed by atoms with Crippen molar-refractivity contribution in [2.24, 2.45) is 7.05 Å². The number of hydrogen-bond donors (Lipinski definition) is 0. The van der Waals surface area contributed by atoms with E-state index in [-0.39, 0.29) is 11.6 Å². The monoisotopic (exact) mass is 354 g/mol. The average molecular weight is 354 g/mol. The Kier molecular flexibility index (Phi) is 3.61. The third kappa shape index (κ3) is 2.60. The first-order chi connectivity index (χ1) is 12.0. The molecule has 126 valence electrons. The second kappa shape index (κ2) is 5.82. The maximum atomic E-state index is 13.0. The molecule has 3 heterocycles. The van der Waals surface area contributed by atoms with Gasteiger partial charge in [0.15, 0.2) is 0 Å². The summed E-state index contributed by atoms with van der Waals surface area (Å²) < 4.78 is 1.79. The van der Waals surface area contributed by atoms with E-state index in [9.17, 15) is 14.9 Å². The van der Waals surface area contributed by atoms with Crippen molar-refractivity contribution in [3.63, 3.8) is 0 Å². The van der Waals surface area contributed by atoms with Crippen LogP contribution in [0.3, 0.4) is 0 Å². The van der Waals surface area contributed by atoms with Gasteiger partial charge in [0.05, 0.1) is 15.5 Å². The molecule has 1 aromatic carbocycles. The van der Waals surface area contributed by atoms with Crippen LogP contribution in [0.25, 0.3) is 10.6 Å². The Balaban J connectivity index is 1.71. The molecular weight excluding hydrogens is 340 g/mol. The number of aromatic nitrogens is 2. The third-order valence-electron chi connectivity index (χ3n) is 4.23. The van der Waals surface area contributed by atoms with Crippen LogP contribution in [0, 0.1) is 10.1 Å². The van der Waals surface area contributed by atoms with E-state index in [2.05, 4.69) is 5.10 Å². The molecule has 0 aliphatic carbocycles. The zero-order chi connectivity index (χ0) is 17.6. The van der Waals surface area contributed by atoms with Gasteiger partial charge >= 0.3 is 0 Å². The summed E-state index contributed by atoms with van der Waals surface area (Å²) in [6.07, 6.45) is 2.70. The summed E-state index contributed by atoms with van der Waals surface area (Å²) in [6.45, 7) is 0.540. The lowest BCUT2D eigenvalue weighted by atomic mass is 10.1. The van der Waals surface area contributed by atoms with Gasteiger partial charge in [-0.05, 0) is 30.0 Å². The number of amides is 1. The molecule has 1 amide bonds. The molecule has 0 spiro atoms. The van der Waals surface area contributed by atoms with Gasteiger partial charge in [-0.3, -0.25) is 19.6 Å². The van der Waals surface area contributed by atoms with Crippen molar-refractivity contribution in [3.8, 4) is 10.6 Å². The predicted octanol–water partition coefficient (Wildman–Crippen LogP) is 3.26. The molecule has 25 heavy (non-hydrogen) atoms. The number of benzene rings is 1. The first kappa shape index (κ1) is 15.5. The van der Waals surface area contributed by atoms with E-state index in [1.165, 1.54) is 24.3 Å². The molecule has 4 rings (SSSR count). The highest BCUT2D eigenvalue weighted by molar-refractivity contribution is 7.14. The molecule has 0 fully saturated rings. The van der Waals surface area contributed by atoms with Crippen LogP contribution >= 0.6 is 11.3 Å². The highest BCUT2D eigenvalue weighted by Gasteiger charge is 2.28. The van der Waals surface area contributed by atoms with Crippen molar-refractivity contribution in [1.82, 2.24) is 9.78 Å². The summed E-state index contributed by atoms with van der Waals surface area (Å²) in [5.74, 6) is -0.163. The van der Waals surface area contributed by atoms with E-state index in [4.69, 9.17) is 0 Å². The molecule has 7 nitrogen and oxygen atoms in total. The lowest BCUT2D eigenvalue weighted by molar-refractivity contribution is -0.384. The zero-order valence-corrected chi connectivity index (χ0v) is 14.2. The zero-order valence-electron chi connectivity index (χ0n) is 13.4. The molecule has 0 saturated carbocycles. The molecule has 0 N–H and O–H groups in total. The van der Waals surface area contributed by atoms with E-state index < -0.39 is 4.92 Å². The number of rotatable bonds is 2. The van der Waals surface area contributed by atoms with Gasteiger partial charge in [0.25, 0.3) is 11.6 Å². The van der Waals surface area contributed by atoms with Crippen LogP contribution < -0.4 is 4.90 Å². The minimum Gasteiger partial charge on any atom is -0.306 e. The molecule has 8 heteroatoms. The van der Waals surface area contributed by atoms with Crippen molar-refractivity contribution >= 4 is 28.6 Å². The van der Waals surface area contributed by atoms with Gasteiger partial charge in [-0.2, -0.15) is 5.10 Å². The molecule has 1 aliphatic heterocycles. The number of fused-ring (bicyclic) bond motifs is 3. The number of non-ortho nitro benzene ring substituents is 1. The lowest BCUT2D eigenvalue weighted by Crippen LogP contribution is -2.32. The maximum Gasteiger partial charge on any atom is 0.269 e. The van der Waals surface area contributed by atoms with E-state index in [1.807, 2.05) is 24.7 Å². The largest absolute Gasteiger partial charge is 0.306 e. The van der Waals surface area contributed by atoms with Crippen LogP contribution in [-0.2, 0) is 13.5 Å². The fourth-order valence-electron chi connectivity index (χ4n) is 3.05. The van der Waals surface area contributed by atoms with Gasteiger partial charge in [-0.1, -0.05) is 0 Å². The summed E-state index contributed by atoms with van der Waals surface area (Å²) in [5, 5.41) is 17.3. The number of thiophene rings is 1. The summed E-state index contributed by atoms with van der Waals surface area (Å²) in [7, 11) is 1.89. The van der Waals surface area contributed by atoms with E-state index >= 15 is 0 Å². The normalized spacial score (nSPS) is 13.1. The number of carbonyl (C=O) groups is 1. The standard InChI is InChI=1S/C17H14N4O3S/c1-19-10-12-6-8-20(14-7-9-25-16(14)15(12)18-19)17(22)11-2-4-13(5-3-11)21(23)24/h2-5,7,9-10H,6,8H2,1H3. The third-order valence-corrected chi connectivity index (χ3v) is 5.14. The lowest BCUT2D eigenvalue weighted by Gasteiger charge is -2.21. The van der Waals surface area contributed by atoms with Crippen molar-refractivity contribution in [2.45, 2.75) is 6.42 Å². The van der Waals surface area contributed by atoms with Crippen LogP contribution in [0.5, 0.6) is 0 Å². The van der Waals surface area contributed by atoms with Crippen LogP contribution in [-0.4, -0.2) is 27.2 Å². The minimum atomic E-state index is -0.473. The van der Waals surface area contributed by atoms with Gasteiger partial charge < -0.3 is 4.90 Å². The second-order valence-corrected chi connectivity index (χ2v) is 6.74. The highest BCUT2D eigenvalue weighted by atomic mass is 32.1. The van der Waals surface area contributed by atoms with E-state index in [1.54, 1.807) is 20.9 Å². The quantitative estimate of drug-likeness (QED) is 0.522. The molecule has 0 bridgehead atoms. The molecule has 0 saturated heterocycles. The van der Waals surface area contributed by atoms with Crippen molar-refractivity contribution in [1.29, 1.82) is 0 Å². The van der Waals surface area contributed by atoms with E-state index in [0.717, 1.165) is 21.8 Å².